The maximum absolute atomic E-state index is 14.5. The number of carbonyl (C=O) groups is 3. The van der Waals surface area contributed by atoms with Crippen molar-refractivity contribution >= 4 is 23.4 Å². The maximum Gasteiger partial charge on any atom is 0.306 e. The number of allylic oxidation sites excluding steroid dienone is 2. The van der Waals surface area contributed by atoms with Gasteiger partial charge in [-0.1, -0.05) is 19.9 Å². The monoisotopic (exact) mass is 444 g/mol. The smallest absolute Gasteiger partial charge is 0.306 e. The normalized spacial score (nSPS) is 18.8. The average Bonchev–Trinajstić information content (AvgIpc) is 2.96. The van der Waals surface area contributed by atoms with Crippen LogP contribution in [-0.4, -0.2) is 34.3 Å². The summed E-state index contributed by atoms with van der Waals surface area (Å²) in [4.78, 5) is 38.8. The zero-order valence-electron chi connectivity index (χ0n) is 19.6. The number of rotatable bonds is 6. The Labute approximate surface area is 189 Å². The van der Waals surface area contributed by atoms with Gasteiger partial charge in [-0.05, 0) is 80.7 Å². The van der Waals surface area contributed by atoms with Crippen LogP contribution in [0.25, 0.3) is 5.57 Å². The van der Waals surface area contributed by atoms with Crippen molar-refractivity contribution in [2.24, 2.45) is 11.1 Å². The van der Waals surface area contributed by atoms with Gasteiger partial charge in [0.05, 0.1) is 0 Å². The molecular formula is C25H33FN2O4. The van der Waals surface area contributed by atoms with Crippen LogP contribution >= 0.6 is 0 Å². The second-order valence-electron chi connectivity index (χ2n) is 10.6. The minimum Gasteiger partial charge on any atom is -0.460 e. The van der Waals surface area contributed by atoms with Crippen molar-refractivity contribution < 1.29 is 23.5 Å². The number of ether oxygens (including phenoxy) is 1. The predicted molar refractivity (Wildman–Crippen MR) is 120 cm³/mol. The number of hydrogen-bond acceptors (Lipinski definition) is 4. The van der Waals surface area contributed by atoms with Crippen molar-refractivity contribution in [2.75, 3.05) is 0 Å². The molecule has 6 nitrogen and oxygen atoms in total. The lowest BCUT2D eigenvalue weighted by Gasteiger charge is -2.29. The number of fused-ring (bicyclic) bond motifs is 1. The summed E-state index contributed by atoms with van der Waals surface area (Å²) in [6.45, 7) is 9.83. The first-order valence-corrected chi connectivity index (χ1v) is 11.1. The molecule has 174 valence electrons. The van der Waals surface area contributed by atoms with Gasteiger partial charge < -0.3 is 15.4 Å². The summed E-state index contributed by atoms with van der Waals surface area (Å²) in [5, 5.41) is 0. The Balaban J connectivity index is 1.85. The highest BCUT2D eigenvalue weighted by molar-refractivity contribution is 6.02. The van der Waals surface area contributed by atoms with Gasteiger partial charge in [-0.3, -0.25) is 14.4 Å². The third-order valence-corrected chi connectivity index (χ3v) is 6.10. The van der Waals surface area contributed by atoms with E-state index in [1.165, 1.54) is 17.0 Å². The molecule has 1 atom stereocenters. The minimum absolute atomic E-state index is 0.0492. The molecule has 2 aliphatic rings. The fourth-order valence-electron chi connectivity index (χ4n) is 4.35. The molecule has 0 bridgehead atoms. The van der Waals surface area contributed by atoms with E-state index in [4.69, 9.17) is 10.5 Å². The van der Waals surface area contributed by atoms with Gasteiger partial charge in [0.1, 0.15) is 17.5 Å². The number of halogens is 1. The van der Waals surface area contributed by atoms with Crippen LogP contribution in [0, 0.1) is 11.2 Å². The van der Waals surface area contributed by atoms with E-state index in [1.807, 2.05) is 0 Å². The number of carbonyl (C=O) groups excluding carboxylic acids is 3. The molecule has 1 aromatic rings. The Morgan fingerprint density at radius 1 is 1.25 bits per heavy atom. The molecule has 0 radical (unpaired) electrons. The summed E-state index contributed by atoms with van der Waals surface area (Å²) < 4.78 is 19.7. The molecule has 32 heavy (non-hydrogen) atoms. The lowest BCUT2D eigenvalue weighted by atomic mass is 9.76. The molecule has 1 aliphatic carbocycles. The van der Waals surface area contributed by atoms with E-state index >= 15 is 0 Å². The van der Waals surface area contributed by atoms with Gasteiger partial charge in [0, 0.05) is 18.5 Å². The quantitative estimate of drug-likeness (QED) is 0.661. The lowest BCUT2D eigenvalue weighted by Crippen LogP contribution is -2.45. The summed E-state index contributed by atoms with van der Waals surface area (Å²) in [5.41, 5.74) is 7.87. The second-order valence-corrected chi connectivity index (χ2v) is 10.6. The van der Waals surface area contributed by atoms with E-state index in [-0.39, 0.29) is 30.4 Å². The highest BCUT2D eigenvalue weighted by Gasteiger charge is 2.38. The van der Waals surface area contributed by atoms with Crippen LogP contribution < -0.4 is 5.73 Å². The molecule has 3 rings (SSSR count). The Morgan fingerprint density at radius 3 is 2.47 bits per heavy atom. The molecule has 1 unspecified atom stereocenters. The minimum atomic E-state index is -0.974. The molecule has 1 aliphatic heterocycles. The first-order valence-electron chi connectivity index (χ1n) is 11.1. The van der Waals surface area contributed by atoms with Crippen LogP contribution in [-0.2, 0) is 20.9 Å². The lowest BCUT2D eigenvalue weighted by molar-refractivity contribution is -0.155. The van der Waals surface area contributed by atoms with Gasteiger partial charge in [-0.2, -0.15) is 0 Å². The van der Waals surface area contributed by atoms with Gasteiger partial charge in [0.25, 0.3) is 5.91 Å². The van der Waals surface area contributed by atoms with Crippen LogP contribution in [0.1, 0.15) is 88.2 Å². The molecule has 1 heterocycles. The molecule has 7 heteroatoms. The van der Waals surface area contributed by atoms with Crippen molar-refractivity contribution in [1.29, 1.82) is 0 Å². The van der Waals surface area contributed by atoms with Crippen molar-refractivity contribution in [2.45, 2.75) is 84.9 Å². The molecule has 2 N–H and O–H groups in total. The number of primary amides is 1. The number of amides is 2. The number of nitrogens with zero attached hydrogens (tertiary/aromatic N) is 1. The van der Waals surface area contributed by atoms with E-state index in [1.54, 1.807) is 20.8 Å². The van der Waals surface area contributed by atoms with Gasteiger partial charge in [-0.15, -0.1) is 0 Å². The van der Waals surface area contributed by atoms with E-state index < -0.39 is 35.2 Å². The van der Waals surface area contributed by atoms with Crippen LogP contribution in [0.15, 0.2) is 18.2 Å². The number of benzene rings is 1. The summed E-state index contributed by atoms with van der Waals surface area (Å²) in [7, 11) is 0. The Morgan fingerprint density at radius 2 is 1.91 bits per heavy atom. The highest BCUT2D eigenvalue weighted by Crippen LogP contribution is 2.41. The van der Waals surface area contributed by atoms with Gasteiger partial charge >= 0.3 is 5.97 Å². The summed E-state index contributed by atoms with van der Waals surface area (Å²) in [6, 6.07) is 1.72. The number of esters is 1. The van der Waals surface area contributed by atoms with Gasteiger partial charge in [0.15, 0.2) is 0 Å². The van der Waals surface area contributed by atoms with Crippen molar-refractivity contribution in [3.63, 3.8) is 0 Å². The molecule has 0 spiro atoms. The third-order valence-electron chi connectivity index (χ3n) is 6.10. The molecule has 2 amide bonds. The van der Waals surface area contributed by atoms with Crippen LogP contribution in [0.4, 0.5) is 4.39 Å². The van der Waals surface area contributed by atoms with Gasteiger partial charge in [-0.25, -0.2) is 4.39 Å². The molecule has 0 fully saturated rings. The van der Waals surface area contributed by atoms with Crippen LogP contribution in [0.2, 0.25) is 0 Å². The average molecular weight is 445 g/mol. The molecule has 1 aromatic carbocycles. The summed E-state index contributed by atoms with van der Waals surface area (Å²) >= 11 is 0. The van der Waals surface area contributed by atoms with E-state index in [2.05, 4.69) is 19.9 Å². The third kappa shape index (κ3) is 5.37. The van der Waals surface area contributed by atoms with Crippen molar-refractivity contribution in [3.05, 3.63) is 40.7 Å². The van der Waals surface area contributed by atoms with Crippen LogP contribution in [0.3, 0.4) is 0 Å². The standard InChI is InChI=1S/C25H33FN2O4/c1-24(2,3)32-21(29)7-6-20(22(27)30)28-14-19-17(12-16(26)13-18(19)23(28)31)15-8-10-25(4,5)11-9-15/h8,12-13,20H,6-7,9-11,14H2,1-5H3,(H2,27,30). The van der Waals surface area contributed by atoms with Gasteiger partial charge in [0.2, 0.25) is 5.91 Å². The zero-order valence-corrected chi connectivity index (χ0v) is 19.6. The largest absolute Gasteiger partial charge is 0.460 e. The zero-order chi connectivity index (χ0) is 23.8. The first kappa shape index (κ1) is 24.0. The molecular weight excluding hydrogens is 411 g/mol. The summed E-state index contributed by atoms with van der Waals surface area (Å²) in [6.07, 6.45) is 4.78. The SMILES string of the molecule is CC1(C)CC=C(c2cc(F)cc3c2CN(C(CCC(=O)OC(C)(C)C)C(N)=O)C3=O)CC1. The summed E-state index contributed by atoms with van der Waals surface area (Å²) in [5.74, 6) is -2.08. The molecule has 0 aromatic heterocycles. The first-order chi connectivity index (χ1) is 14.8. The Kier molecular flexibility index (Phi) is 6.50. The molecule has 0 saturated carbocycles. The van der Waals surface area contributed by atoms with Crippen molar-refractivity contribution in [3.8, 4) is 0 Å². The highest BCUT2D eigenvalue weighted by atomic mass is 19.1. The van der Waals surface area contributed by atoms with E-state index in [0.29, 0.717) is 5.56 Å². The number of hydrogen-bond donors (Lipinski definition) is 1. The number of nitrogens with two attached hydrogens (primary N) is 1. The Hall–Kier alpha value is -2.70. The second kappa shape index (κ2) is 8.68. The van der Waals surface area contributed by atoms with E-state index in [9.17, 15) is 18.8 Å². The molecule has 0 saturated heterocycles. The predicted octanol–water partition coefficient (Wildman–Crippen LogP) is 4.35. The van der Waals surface area contributed by atoms with Crippen molar-refractivity contribution in [1.82, 2.24) is 4.90 Å². The van der Waals surface area contributed by atoms with Crippen LogP contribution in [0.5, 0.6) is 0 Å². The topological polar surface area (TPSA) is 89.7 Å². The fourth-order valence-corrected chi connectivity index (χ4v) is 4.35. The fraction of sp³-hybridized carbons (Fsp3) is 0.560. The van der Waals surface area contributed by atoms with E-state index in [0.717, 1.165) is 30.4 Å². The Bertz CT molecular complexity index is 975. The maximum atomic E-state index is 14.5.